The molecule has 2 aromatic carbocycles. The van der Waals surface area contributed by atoms with Gasteiger partial charge in [0.1, 0.15) is 11.5 Å². The summed E-state index contributed by atoms with van der Waals surface area (Å²) >= 11 is 1.80. The molecule has 190 valence electrons. The number of ether oxygens (including phenoxy) is 1. The fraction of sp³-hybridized carbons (Fsp3) is 0.438. The van der Waals surface area contributed by atoms with Gasteiger partial charge in [0.2, 0.25) is 0 Å². The van der Waals surface area contributed by atoms with Crippen LogP contribution in [0.3, 0.4) is 0 Å². The van der Waals surface area contributed by atoms with Crippen molar-refractivity contribution in [3.8, 4) is 5.75 Å². The molecule has 4 heteroatoms. The molecule has 1 saturated carbocycles. The fourth-order valence-corrected chi connectivity index (χ4v) is 6.70. The van der Waals surface area contributed by atoms with E-state index < -0.39 is 0 Å². The number of allylic oxidation sites excluding steroid dienone is 3. The first-order valence-corrected chi connectivity index (χ1v) is 14.7. The number of fused-ring (bicyclic) bond motifs is 1. The topological polar surface area (TPSA) is 26.3 Å². The Hall–Kier alpha value is -2.09. The van der Waals surface area contributed by atoms with E-state index in [4.69, 9.17) is 4.74 Å². The third kappa shape index (κ3) is 6.81. The predicted octanol–water partition coefficient (Wildman–Crippen LogP) is 9.19. The van der Waals surface area contributed by atoms with E-state index in [1.165, 1.54) is 37.4 Å². The highest BCUT2D eigenvalue weighted by molar-refractivity contribution is 8.17. The van der Waals surface area contributed by atoms with Gasteiger partial charge in [-0.05, 0) is 71.9 Å². The van der Waals surface area contributed by atoms with Gasteiger partial charge < -0.3 is 4.74 Å². The summed E-state index contributed by atoms with van der Waals surface area (Å²) in [6.45, 7) is 10.9. The van der Waals surface area contributed by atoms with E-state index in [1.807, 2.05) is 6.26 Å². The van der Waals surface area contributed by atoms with Gasteiger partial charge in [-0.2, -0.15) is 0 Å². The van der Waals surface area contributed by atoms with E-state index in [1.54, 1.807) is 11.8 Å². The SMILES string of the molecule is CCCc1cc(SC(=P)CC(C)C)cc2c1C(=C1CC1)C(c1ccc(CC(=O)CC(C)C)cc1)=CO2. The lowest BCUT2D eigenvalue weighted by molar-refractivity contribution is -0.119. The van der Waals surface area contributed by atoms with Crippen molar-refractivity contribution in [2.45, 2.75) is 84.5 Å². The van der Waals surface area contributed by atoms with Crippen LogP contribution in [-0.4, -0.2) is 10.4 Å². The first-order valence-electron chi connectivity index (χ1n) is 13.4. The van der Waals surface area contributed by atoms with Crippen LogP contribution >= 0.6 is 20.6 Å². The quantitative estimate of drug-likeness (QED) is 0.219. The molecule has 0 bridgehead atoms. The summed E-state index contributed by atoms with van der Waals surface area (Å²) in [5.74, 6) is 2.30. The van der Waals surface area contributed by atoms with E-state index in [-0.39, 0.29) is 0 Å². The second-order valence-corrected chi connectivity index (χ2v) is 13.1. The Kier molecular flexibility index (Phi) is 8.96. The van der Waals surface area contributed by atoms with Crippen LogP contribution in [0.2, 0.25) is 0 Å². The summed E-state index contributed by atoms with van der Waals surface area (Å²) < 4.78 is 7.60. The average molecular weight is 519 g/mol. The van der Waals surface area contributed by atoms with Gasteiger partial charge in [-0.15, -0.1) is 8.86 Å². The van der Waals surface area contributed by atoms with Crippen LogP contribution in [0.4, 0.5) is 0 Å². The second-order valence-electron chi connectivity index (χ2n) is 11.0. The monoisotopic (exact) mass is 518 g/mol. The first-order chi connectivity index (χ1) is 17.2. The number of hydrogen-bond donors (Lipinski definition) is 0. The molecule has 1 aliphatic carbocycles. The zero-order chi connectivity index (χ0) is 25.8. The largest absolute Gasteiger partial charge is 0.464 e. The van der Waals surface area contributed by atoms with Gasteiger partial charge in [0.15, 0.2) is 0 Å². The Labute approximate surface area is 223 Å². The van der Waals surface area contributed by atoms with Gasteiger partial charge in [-0.25, -0.2) is 0 Å². The van der Waals surface area contributed by atoms with Crippen LogP contribution in [0.25, 0.3) is 11.1 Å². The van der Waals surface area contributed by atoms with Crippen LogP contribution < -0.4 is 4.74 Å². The highest BCUT2D eigenvalue weighted by Crippen LogP contribution is 2.50. The van der Waals surface area contributed by atoms with E-state index in [0.717, 1.165) is 49.0 Å². The maximum Gasteiger partial charge on any atom is 0.137 e. The molecule has 4 rings (SSSR count). The molecular formula is C32H39O2PS. The van der Waals surface area contributed by atoms with Crippen molar-refractivity contribution in [2.75, 3.05) is 0 Å². The minimum Gasteiger partial charge on any atom is -0.464 e. The summed E-state index contributed by atoms with van der Waals surface area (Å²) in [4.78, 5) is 13.5. The fourth-order valence-electron chi connectivity index (χ4n) is 4.87. The molecule has 1 fully saturated rings. The number of benzene rings is 2. The van der Waals surface area contributed by atoms with E-state index >= 15 is 0 Å². The van der Waals surface area contributed by atoms with Crippen molar-refractivity contribution >= 4 is 42.2 Å². The maximum atomic E-state index is 12.3. The number of carbonyl (C=O) groups excluding carboxylic acids is 1. The van der Waals surface area contributed by atoms with Crippen molar-refractivity contribution in [3.63, 3.8) is 0 Å². The molecule has 0 unspecified atom stereocenters. The van der Waals surface area contributed by atoms with E-state index in [9.17, 15) is 4.79 Å². The summed E-state index contributed by atoms with van der Waals surface area (Å²) in [5, 5.41) is 0. The zero-order valence-electron chi connectivity index (χ0n) is 22.4. The summed E-state index contributed by atoms with van der Waals surface area (Å²) in [5.41, 5.74) is 8.94. The maximum absolute atomic E-state index is 12.3. The molecule has 2 nitrogen and oxygen atoms in total. The third-order valence-corrected chi connectivity index (χ3v) is 7.88. The van der Waals surface area contributed by atoms with Crippen LogP contribution in [0, 0.1) is 11.8 Å². The molecule has 36 heavy (non-hydrogen) atoms. The number of rotatable bonds is 11. The minimum atomic E-state index is 0.308. The van der Waals surface area contributed by atoms with Crippen LogP contribution in [0.15, 0.2) is 53.1 Å². The molecule has 2 aromatic rings. The molecule has 0 N–H and O–H groups in total. The molecule has 0 amide bonds. The molecule has 0 spiro atoms. The number of hydrogen-bond acceptors (Lipinski definition) is 3. The lowest BCUT2D eigenvalue weighted by Gasteiger charge is -2.25. The van der Waals surface area contributed by atoms with Gasteiger partial charge in [0, 0.05) is 33.5 Å². The Balaban J connectivity index is 1.64. The molecule has 0 atom stereocenters. The van der Waals surface area contributed by atoms with Gasteiger partial charge in [-0.3, -0.25) is 4.79 Å². The lowest BCUT2D eigenvalue weighted by Crippen LogP contribution is -2.08. The second kappa shape index (κ2) is 12.0. The Bertz CT molecular complexity index is 1200. The van der Waals surface area contributed by atoms with Crippen LogP contribution in [0.5, 0.6) is 5.75 Å². The first kappa shape index (κ1) is 27.0. The number of ketones is 1. The van der Waals surface area contributed by atoms with Crippen LogP contribution in [-0.2, 0) is 17.6 Å². The van der Waals surface area contributed by atoms with Crippen molar-refractivity contribution < 1.29 is 9.53 Å². The summed E-state index contributed by atoms with van der Waals surface area (Å²) in [6.07, 6.45) is 8.57. The lowest BCUT2D eigenvalue weighted by atomic mass is 9.86. The molecule has 2 aliphatic rings. The highest BCUT2D eigenvalue weighted by atomic mass is 32.2. The van der Waals surface area contributed by atoms with Gasteiger partial charge >= 0.3 is 0 Å². The van der Waals surface area contributed by atoms with Crippen molar-refractivity contribution in [1.29, 1.82) is 0 Å². The van der Waals surface area contributed by atoms with Gasteiger partial charge in [-0.1, -0.05) is 82.6 Å². The predicted molar refractivity (Wildman–Crippen MR) is 158 cm³/mol. The molecule has 0 saturated heterocycles. The molecule has 1 aliphatic heterocycles. The molecular weight excluding hydrogens is 479 g/mol. The highest BCUT2D eigenvalue weighted by Gasteiger charge is 2.30. The summed E-state index contributed by atoms with van der Waals surface area (Å²) in [6, 6.07) is 13.1. The smallest absolute Gasteiger partial charge is 0.137 e. The van der Waals surface area contributed by atoms with Gasteiger partial charge in [0.05, 0.1) is 6.26 Å². The minimum absolute atomic E-state index is 0.308. The Morgan fingerprint density at radius 3 is 2.33 bits per heavy atom. The van der Waals surface area contributed by atoms with Crippen LogP contribution in [0.1, 0.15) is 89.0 Å². The number of thioether (sulfide) groups is 1. The standard InChI is InChI=1S/C32H39O2PS/c1-6-7-25-17-27(36-30(35)15-21(4)5)18-29-32(25)31(24-12-13-24)28(19-34-29)23-10-8-22(9-11-23)16-26(33)14-20(2)3/h8-11,17-21,35H,6-7,12-16H2,1-5H3. The Morgan fingerprint density at radius 2 is 1.72 bits per heavy atom. The van der Waals surface area contributed by atoms with Gasteiger partial charge in [0.25, 0.3) is 0 Å². The summed E-state index contributed by atoms with van der Waals surface area (Å²) in [7, 11) is 3.85. The number of Topliss-reactive ketones (excluding diaryl/α,β-unsaturated/α-hetero) is 1. The number of aryl methyl sites for hydroxylation is 1. The molecule has 1 heterocycles. The van der Waals surface area contributed by atoms with E-state index in [0.29, 0.717) is 30.5 Å². The molecule has 0 aromatic heterocycles. The Morgan fingerprint density at radius 1 is 1.03 bits per heavy atom. The molecule has 0 radical (unpaired) electrons. The van der Waals surface area contributed by atoms with E-state index in [2.05, 4.69) is 79.9 Å². The average Bonchev–Trinajstić information content (AvgIpc) is 3.63. The number of carbonyl (C=O) groups is 1. The third-order valence-electron chi connectivity index (χ3n) is 6.49. The zero-order valence-corrected chi connectivity index (χ0v) is 24.2. The van der Waals surface area contributed by atoms with Crippen molar-refractivity contribution in [3.05, 3.63) is 70.5 Å². The van der Waals surface area contributed by atoms with Crippen molar-refractivity contribution in [1.82, 2.24) is 0 Å². The normalized spacial score (nSPS) is 14.6. The van der Waals surface area contributed by atoms with Crippen molar-refractivity contribution in [2.24, 2.45) is 11.8 Å².